The predicted octanol–water partition coefficient (Wildman–Crippen LogP) is 5.30. The molecule has 1 heterocycles. The Morgan fingerprint density at radius 3 is 2.48 bits per heavy atom. The van der Waals surface area contributed by atoms with Crippen LogP contribution in [0, 0.1) is 0 Å². The first-order valence-electron chi connectivity index (χ1n) is 7.95. The van der Waals surface area contributed by atoms with Gasteiger partial charge >= 0.3 is 0 Å². The van der Waals surface area contributed by atoms with Crippen molar-refractivity contribution in [1.82, 2.24) is 10.2 Å². The van der Waals surface area contributed by atoms with E-state index in [2.05, 4.69) is 16.8 Å². The third-order valence-electron chi connectivity index (χ3n) is 4.16. The van der Waals surface area contributed by atoms with Gasteiger partial charge in [-0.2, -0.15) is 0 Å². The lowest BCUT2D eigenvalue weighted by Crippen LogP contribution is -1.85. The average molecular weight is 328 g/mol. The Balaban J connectivity index is 1.89. The fourth-order valence-corrected chi connectivity index (χ4v) is 2.96. The second-order valence-electron chi connectivity index (χ2n) is 5.92. The summed E-state index contributed by atoms with van der Waals surface area (Å²) < 4.78 is 5.91. The first-order valence-corrected chi connectivity index (χ1v) is 7.95. The van der Waals surface area contributed by atoms with Crippen LogP contribution in [0.25, 0.3) is 39.3 Å². The van der Waals surface area contributed by atoms with Crippen LogP contribution >= 0.6 is 0 Å². The average Bonchev–Trinajstić information content (AvgIpc) is 3.11. The molecular formula is C21H16N2O2. The van der Waals surface area contributed by atoms with E-state index in [1.54, 1.807) is 6.07 Å². The Bertz CT molecular complexity index is 1100. The summed E-state index contributed by atoms with van der Waals surface area (Å²) >= 11 is 0. The molecule has 4 rings (SSSR count). The van der Waals surface area contributed by atoms with Crippen molar-refractivity contribution in [2.45, 2.75) is 6.92 Å². The van der Waals surface area contributed by atoms with Crippen molar-refractivity contribution in [3.05, 3.63) is 72.8 Å². The molecule has 0 fully saturated rings. The van der Waals surface area contributed by atoms with Crippen molar-refractivity contribution in [2.24, 2.45) is 0 Å². The highest BCUT2D eigenvalue weighted by molar-refractivity contribution is 5.97. The molecule has 4 heteroatoms. The molecule has 0 aliphatic carbocycles. The summed E-state index contributed by atoms with van der Waals surface area (Å²) in [5, 5.41) is 20.6. The van der Waals surface area contributed by atoms with Crippen LogP contribution < -0.4 is 0 Å². The summed E-state index contributed by atoms with van der Waals surface area (Å²) in [7, 11) is 0. The molecule has 0 spiro atoms. The number of allylic oxidation sites excluding steroid dienone is 1. The molecule has 0 aliphatic heterocycles. The second-order valence-corrected chi connectivity index (χ2v) is 5.92. The molecule has 4 aromatic rings. The van der Waals surface area contributed by atoms with Crippen molar-refractivity contribution in [3.63, 3.8) is 0 Å². The zero-order valence-corrected chi connectivity index (χ0v) is 13.7. The molecule has 4 nitrogen and oxygen atoms in total. The Kier molecular flexibility index (Phi) is 3.58. The topological polar surface area (TPSA) is 59.2 Å². The van der Waals surface area contributed by atoms with E-state index < -0.39 is 0 Å². The fraction of sp³-hybridized carbons (Fsp3) is 0.0476. The lowest BCUT2D eigenvalue weighted by molar-refractivity contribution is 0.474. The monoisotopic (exact) mass is 328 g/mol. The van der Waals surface area contributed by atoms with Gasteiger partial charge in [0, 0.05) is 5.56 Å². The highest BCUT2D eigenvalue weighted by atomic mass is 16.4. The van der Waals surface area contributed by atoms with Crippen LogP contribution in [0.15, 0.2) is 71.7 Å². The maximum atomic E-state index is 10.3. The van der Waals surface area contributed by atoms with Crippen LogP contribution in [0.5, 0.6) is 5.75 Å². The lowest BCUT2D eigenvalue weighted by Gasteiger charge is -2.06. The summed E-state index contributed by atoms with van der Waals surface area (Å²) in [6.45, 7) is 5.94. The van der Waals surface area contributed by atoms with Crippen molar-refractivity contribution in [1.29, 1.82) is 0 Å². The number of fused-ring (bicyclic) bond motifs is 1. The quantitative estimate of drug-likeness (QED) is 0.555. The van der Waals surface area contributed by atoms with Gasteiger partial charge in [0.1, 0.15) is 5.75 Å². The number of nitrogens with zero attached hydrogens (tertiary/aromatic N) is 2. The first-order chi connectivity index (χ1) is 12.1. The standard InChI is InChI=1S/C21H16N2O2/c1-13(2)15-8-5-6-10-17(15)20-22-23-21(25-20)19-16-9-4-3-7-14(16)11-12-18(19)24/h3-12,24H,1H2,2H3. The van der Waals surface area contributed by atoms with E-state index in [9.17, 15) is 5.11 Å². The maximum Gasteiger partial charge on any atom is 0.252 e. The number of hydrogen-bond donors (Lipinski definition) is 1. The lowest BCUT2D eigenvalue weighted by atomic mass is 10.0. The zero-order valence-electron chi connectivity index (χ0n) is 13.7. The van der Waals surface area contributed by atoms with Gasteiger partial charge in [0.25, 0.3) is 5.89 Å². The minimum Gasteiger partial charge on any atom is -0.507 e. The third kappa shape index (κ3) is 2.58. The molecule has 122 valence electrons. The van der Waals surface area contributed by atoms with E-state index in [1.807, 2.05) is 61.5 Å². The minimum atomic E-state index is 0.113. The van der Waals surface area contributed by atoms with Crippen LogP contribution in [0.2, 0.25) is 0 Å². The molecule has 1 aromatic heterocycles. The summed E-state index contributed by atoms with van der Waals surface area (Å²) in [6, 6.07) is 19.0. The fourth-order valence-electron chi connectivity index (χ4n) is 2.96. The Morgan fingerprint density at radius 2 is 1.64 bits per heavy atom. The Labute approximate surface area is 145 Å². The number of benzene rings is 3. The molecule has 0 saturated heterocycles. The van der Waals surface area contributed by atoms with E-state index in [-0.39, 0.29) is 5.75 Å². The van der Waals surface area contributed by atoms with E-state index in [0.29, 0.717) is 17.3 Å². The van der Waals surface area contributed by atoms with Gasteiger partial charge in [0.05, 0.1) is 5.56 Å². The predicted molar refractivity (Wildman–Crippen MR) is 99.0 cm³/mol. The number of phenols is 1. The smallest absolute Gasteiger partial charge is 0.252 e. The van der Waals surface area contributed by atoms with Crippen molar-refractivity contribution in [3.8, 4) is 28.7 Å². The molecule has 25 heavy (non-hydrogen) atoms. The molecule has 0 radical (unpaired) electrons. The summed E-state index contributed by atoms with van der Waals surface area (Å²) in [5.41, 5.74) is 3.25. The highest BCUT2D eigenvalue weighted by Crippen LogP contribution is 2.37. The normalized spacial score (nSPS) is 10.9. The second kappa shape index (κ2) is 5.91. The Morgan fingerprint density at radius 1 is 0.920 bits per heavy atom. The maximum absolute atomic E-state index is 10.3. The van der Waals surface area contributed by atoms with Gasteiger partial charge in [-0.05, 0) is 35.4 Å². The first kappa shape index (κ1) is 15.1. The van der Waals surface area contributed by atoms with Gasteiger partial charge in [0.2, 0.25) is 5.89 Å². The van der Waals surface area contributed by atoms with Crippen LogP contribution in [0.4, 0.5) is 0 Å². The highest BCUT2D eigenvalue weighted by Gasteiger charge is 2.18. The molecule has 0 unspecified atom stereocenters. The molecule has 0 saturated carbocycles. The van der Waals surface area contributed by atoms with Gasteiger partial charge < -0.3 is 9.52 Å². The van der Waals surface area contributed by atoms with Gasteiger partial charge in [-0.25, -0.2) is 0 Å². The van der Waals surface area contributed by atoms with E-state index in [0.717, 1.165) is 27.5 Å². The number of phenolic OH excluding ortho intramolecular Hbond substituents is 1. The van der Waals surface area contributed by atoms with Crippen molar-refractivity contribution in [2.75, 3.05) is 0 Å². The largest absolute Gasteiger partial charge is 0.507 e. The van der Waals surface area contributed by atoms with E-state index in [1.165, 1.54) is 0 Å². The van der Waals surface area contributed by atoms with Crippen LogP contribution in [0.1, 0.15) is 12.5 Å². The third-order valence-corrected chi connectivity index (χ3v) is 4.16. The summed E-state index contributed by atoms with van der Waals surface area (Å²) in [5.74, 6) is 0.809. The molecular weight excluding hydrogens is 312 g/mol. The number of aromatic nitrogens is 2. The summed E-state index contributed by atoms with van der Waals surface area (Å²) in [6.07, 6.45) is 0. The van der Waals surface area contributed by atoms with Gasteiger partial charge in [-0.3, -0.25) is 0 Å². The number of aromatic hydroxyl groups is 1. The molecule has 0 aliphatic rings. The van der Waals surface area contributed by atoms with Gasteiger partial charge in [-0.15, -0.1) is 10.2 Å². The van der Waals surface area contributed by atoms with E-state index >= 15 is 0 Å². The van der Waals surface area contributed by atoms with Crippen LogP contribution in [-0.4, -0.2) is 15.3 Å². The molecule has 1 N–H and O–H groups in total. The van der Waals surface area contributed by atoms with Crippen LogP contribution in [-0.2, 0) is 0 Å². The molecule has 0 bridgehead atoms. The van der Waals surface area contributed by atoms with Crippen molar-refractivity contribution >= 4 is 16.3 Å². The van der Waals surface area contributed by atoms with Gasteiger partial charge in [0.15, 0.2) is 0 Å². The molecule has 0 amide bonds. The van der Waals surface area contributed by atoms with Crippen LogP contribution in [0.3, 0.4) is 0 Å². The minimum absolute atomic E-state index is 0.113. The zero-order chi connectivity index (χ0) is 17.4. The summed E-state index contributed by atoms with van der Waals surface area (Å²) in [4.78, 5) is 0. The van der Waals surface area contributed by atoms with E-state index in [4.69, 9.17) is 4.42 Å². The SMILES string of the molecule is C=C(C)c1ccccc1-c1nnc(-c2c(O)ccc3ccccc23)o1. The Hall–Kier alpha value is -3.40. The number of rotatable bonds is 3. The molecule has 0 atom stereocenters. The number of hydrogen-bond acceptors (Lipinski definition) is 4. The van der Waals surface area contributed by atoms with Crippen molar-refractivity contribution < 1.29 is 9.52 Å². The van der Waals surface area contributed by atoms with Gasteiger partial charge in [-0.1, -0.05) is 60.7 Å². The molecule has 3 aromatic carbocycles.